The summed E-state index contributed by atoms with van der Waals surface area (Å²) in [4.78, 5) is 22.6. The number of hydrogen-bond acceptors (Lipinski definition) is 3. The Bertz CT molecular complexity index is 458. The van der Waals surface area contributed by atoms with E-state index >= 15 is 0 Å². The van der Waals surface area contributed by atoms with Gasteiger partial charge in [0.25, 0.3) is 5.91 Å². The first kappa shape index (κ1) is 15.0. The molecule has 19 heavy (non-hydrogen) atoms. The van der Waals surface area contributed by atoms with Crippen molar-refractivity contribution in [1.82, 2.24) is 10.6 Å². The van der Waals surface area contributed by atoms with E-state index in [0.29, 0.717) is 0 Å². The maximum absolute atomic E-state index is 13.3. The van der Waals surface area contributed by atoms with Gasteiger partial charge in [-0.15, -0.1) is 0 Å². The van der Waals surface area contributed by atoms with Gasteiger partial charge in [-0.05, 0) is 19.1 Å². The SMILES string of the molecule is C[C@H](N)C(=O)NCCNC(=O)c1c(F)cccc1F. The van der Waals surface area contributed by atoms with E-state index in [1.165, 1.54) is 13.0 Å². The summed E-state index contributed by atoms with van der Waals surface area (Å²) in [6, 6.07) is 2.51. The number of nitrogens with one attached hydrogen (secondary N) is 2. The summed E-state index contributed by atoms with van der Waals surface area (Å²) in [5.74, 6) is -3.11. The third kappa shape index (κ3) is 4.29. The topological polar surface area (TPSA) is 84.2 Å². The second-order valence-corrected chi connectivity index (χ2v) is 3.93. The zero-order valence-corrected chi connectivity index (χ0v) is 10.4. The molecule has 0 bridgehead atoms. The van der Waals surface area contributed by atoms with Crippen molar-refractivity contribution in [2.75, 3.05) is 13.1 Å². The van der Waals surface area contributed by atoms with Gasteiger partial charge in [0, 0.05) is 13.1 Å². The van der Waals surface area contributed by atoms with E-state index in [0.717, 1.165) is 12.1 Å². The number of carbonyl (C=O) groups excluding carboxylic acids is 2. The lowest BCUT2D eigenvalue weighted by molar-refractivity contribution is -0.121. The van der Waals surface area contributed by atoms with Crippen molar-refractivity contribution in [2.24, 2.45) is 5.73 Å². The van der Waals surface area contributed by atoms with Crippen molar-refractivity contribution in [1.29, 1.82) is 0 Å². The van der Waals surface area contributed by atoms with Crippen molar-refractivity contribution in [3.63, 3.8) is 0 Å². The molecular formula is C12H15F2N3O2. The van der Waals surface area contributed by atoms with E-state index < -0.39 is 29.1 Å². The lowest BCUT2D eigenvalue weighted by Gasteiger charge is -2.09. The molecule has 1 aromatic carbocycles. The Morgan fingerprint density at radius 2 is 1.74 bits per heavy atom. The summed E-state index contributed by atoms with van der Waals surface area (Å²) in [6.07, 6.45) is 0. The van der Waals surface area contributed by atoms with E-state index in [-0.39, 0.29) is 19.0 Å². The quantitative estimate of drug-likeness (QED) is 0.667. The molecule has 1 rings (SSSR count). The summed E-state index contributed by atoms with van der Waals surface area (Å²) >= 11 is 0. The zero-order chi connectivity index (χ0) is 14.4. The molecule has 0 saturated heterocycles. The molecule has 0 aliphatic rings. The monoisotopic (exact) mass is 271 g/mol. The predicted molar refractivity (Wildman–Crippen MR) is 65.4 cm³/mol. The first-order chi connectivity index (χ1) is 8.93. The van der Waals surface area contributed by atoms with Gasteiger partial charge in [-0.25, -0.2) is 8.78 Å². The predicted octanol–water partition coefficient (Wildman–Crippen LogP) is 0.158. The minimum absolute atomic E-state index is 0.0467. The van der Waals surface area contributed by atoms with Crippen LogP contribution in [0.5, 0.6) is 0 Å². The highest BCUT2D eigenvalue weighted by atomic mass is 19.1. The van der Waals surface area contributed by atoms with Crippen LogP contribution in [-0.4, -0.2) is 30.9 Å². The van der Waals surface area contributed by atoms with Gasteiger partial charge in [0.1, 0.15) is 17.2 Å². The van der Waals surface area contributed by atoms with E-state index in [9.17, 15) is 18.4 Å². The Labute approximate surface area is 109 Å². The van der Waals surface area contributed by atoms with Gasteiger partial charge in [0.05, 0.1) is 6.04 Å². The summed E-state index contributed by atoms with van der Waals surface area (Å²) in [7, 11) is 0. The standard InChI is InChI=1S/C12H15F2N3O2/c1-7(15)11(18)16-5-6-17-12(19)10-8(13)3-2-4-9(10)14/h2-4,7H,5-6,15H2,1H3,(H,16,18)(H,17,19)/t7-/m0/s1. The summed E-state index contributed by atoms with van der Waals surface area (Å²) in [5.41, 5.74) is 4.67. The third-order valence-electron chi connectivity index (χ3n) is 2.31. The van der Waals surface area contributed by atoms with E-state index in [2.05, 4.69) is 10.6 Å². The van der Waals surface area contributed by atoms with Crippen molar-refractivity contribution in [2.45, 2.75) is 13.0 Å². The van der Waals surface area contributed by atoms with Crippen LogP contribution in [0.3, 0.4) is 0 Å². The highest BCUT2D eigenvalue weighted by Crippen LogP contribution is 2.11. The van der Waals surface area contributed by atoms with Gasteiger partial charge in [0.2, 0.25) is 5.91 Å². The van der Waals surface area contributed by atoms with Gasteiger partial charge >= 0.3 is 0 Å². The normalized spacial score (nSPS) is 11.8. The summed E-state index contributed by atoms with van der Waals surface area (Å²) in [5, 5.41) is 4.75. The zero-order valence-electron chi connectivity index (χ0n) is 10.4. The van der Waals surface area contributed by atoms with Gasteiger partial charge in [-0.2, -0.15) is 0 Å². The Morgan fingerprint density at radius 1 is 1.21 bits per heavy atom. The average Bonchev–Trinajstić information content (AvgIpc) is 2.34. The lowest BCUT2D eigenvalue weighted by Crippen LogP contribution is -2.42. The molecule has 0 heterocycles. The molecule has 0 fully saturated rings. The van der Waals surface area contributed by atoms with Gasteiger partial charge in [-0.1, -0.05) is 6.07 Å². The number of hydrogen-bond donors (Lipinski definition) is 3. The summed E-state index contributed by atoms with van der Waals surface area (Å²) < 4.78 is 26.5. The Morgan fingerprint density at radius 3 is 2.26 bits per heavy atom. The lowest BCUT2D eigenvalue weighted by atomic mass is 10.2. The molecule has 4 N–H and O–H groups in total. The number of halogens is 2. The number of carbonyl (C=O) groups is 2. The number of rotatable bonds is 5. The Kier molecular flexibility index (Phi) is 5.37. The molecule has 0 unspecified atom stereocenters. The van der Waals surface area contributed by atoms with Gasteiger partial charge < -0.3 is 16.4 Å². The fraction of sp³-hybridized carbons (Fsp3) is 0.333. The van der Waals surface area contributed by atoms with Gasteiger partial charge in [0.15, 0.2) is 0 Å². The highest BCUT2D eigenvalue weighted by molar-refractivity contribution is 5.94. The number of benzene rings is 1. The molecule has 7 heteroatoms. The Hall–Kier alpha value is -2.02. The smallest absolute Gasteiger partial charge is 0.257 e. The van der Waals surface area contributed by atoms with Crippen LogP contribution in [-0.2, 0) is 4.79 Å². The fourth-order valence-electron chi connectivity index (χ4n) is 1.33. The molecule has 0 spiro atoms. The van der Waals surface area contributed by atoms with Crippen molar-refractivity contribution >= 4 is 11.8 Å². The molecular weight excluding hydrogens is 256 g/mol. The van der Waals surface area contributed by atoms with Crippen LogP contribution in [0.2, 0.25) is 0 Å². The maximum atomic E-state index is 13.3. The molecule has 0 aromatic heterocycles. The summed E-state index contributed by atoms with van der Waals surface area (Å²) in [6.45, 7) is 1.69. The molecule has 0 aliphatic carbocycles. The van der Waals surface area contributed by atoms with Crippen molar-refractivity contribution in [3.05, 3.63) is 35.4 Å². The molecule has 104 valence electrons. The Balaban J connectivity index is 2.46. The van der Waals surface area contributed by atoms with Crippen LogP contribution in [0.25, 0.3) is 0 Å². The van der Waals surface area contributed by atoms with Crippen molar-refractivity contribution in [3.8, 4) is 0 Å². The third-order valence-corrected chi connectivity index (χ3v) is 2.31. The van der Waals surface area contributed by atoms with Crippen LogP contribution >= 0.6 is 0 Å². The fourth-order valence-corrected chi connectivity index (χ4v) is 1.33. The van der Waals surface area contributed by atoms with Crippen LogP contribution in [0.15, 0.2) is 18.2 Å². The van der Waals surface area contributed by atoms with E-state index in [1.54, 1.807) is 0 Å². The number of amides is 2. The van der Waals surface area contributed by atoms with Crippen LogP contribution in [0.4, 0.5) is 8.78 Å². The minimum Gasteiger partial charge on any atom is -0.353 e. The van der Waals surface area contributed by atoms with Crippen LogP contribution < -0.4 is 16.4 Å². The molecule has 2 amide bonds. The second-order valence-electron chi connectivity index (χ2n) is 3.93. The van der Waals surface area contributed by atoms with E-state index in [1.807, 2.05) is 0 Å². The molecule has 1 atom stereocenters. The first-order valence-corrected chi connectivity index (χ1v) is 5.69. The second kappa shape index (κ2) is 6.79. The molecule has 5 nitrogen and oxygen atoms in total. The van der Waals surface area contributed by atoms with Crippen LogP contribution in [0, 0.1) is 11.6 Å². The first-order valence-electron chi connectivity index (χ1n) is 5.69. The molecule has 0 radical (unpaired) electrons. The minimum atomic E-state index is -0.933. The van der Waals surface area contributed by atoms with Crippen molar-refractivity contribution < 1.29 is 18.4 Å². The molecule has 0 aliphatic heterocycles. The van der Waals surface area contributed by atoms with E-state index in [4.69, 9.17) is 5.73 Å². The molecule has 1 aromatic rings. The molecule has 0 saturated carbocycles. The average molecular weight is 271 g/mol. The van der Waals surface area contributed by atoms with Gasteiger partial charge in [-0.3, -0.25) is 9.59 Å². The highest BCUT2D eigenvalue weighted by Gasteiger charge is 2.16. The maximum Gasteiger partial charge on any atom is 0.257 e. The number of nitrogens with two attached hydrogens (primary N) is 1. The van der Waals surface area contributed by atoms with Crippen LogP contribution in [0.1, 0.15) is 17.3 Å². The largest absolute Gasteiger partial charge is 0.353 e.